The predicted octanol–water partition coefficient (Wildman–Crippen LogP) is 3.64. The third-order valence-corrected chi connectivity index (χ3v) is 11.2. The summed E-state index contributed by atoms with van der Waals surface area (Å²) in [4.78, 5) is 70.9. The molecule has 0 aromatic heterocycles. The Bertz CT molecular complexity index is 1710. The van der Waals surface area contributed by atoms with Crippen LogP contribution in [0.4, 0.5) is 14.0 Å². The smallest absolute Gasteiger partial charge is 0.410 e. The maximum absolute atomic E-state index is 14.4. The number of alkyl carbamates (subject to hydrolysis) is 1. The molecule has 2 fully saturated rings. The summed E-state index contributed by atoms with van der Waals surface area (Å²) in [6, 6.07) is 2.27. The molecule has 3 aliphatic heterocycles. The number of nitrogens with one attached hydrogen (secondary N) is 3. The average Bonchev–Trinajstić information content (AvgIpc) is 3.33. The van der Waals surface area contributed by atoms with Crippen LogP contribution in [-0.2, 0) is 47.0 Å². The van der Waals surface area contributed by atoms with Crippen molar-refractivity contribution < 1.29 is 46.3 Å². The quantitative estimate of drug-likeness (QED) is 0.367. The summed E-state index contributed by atoms with van der Waals surface area (Å²) >= 11 is 0. The van der Waals surface area contributed by atoms with Gasteiger partial charge in [-0.25, -0.2) is 22.4 Å². The summed E-state index contributed by atoms with van der Waals surface area (Å²) in [6.45, 7) is 8.40. The number of ether oxygens (including phenoxy) is 2. The summed E-state index contributed by atoms with van der Waals surface area (Å²) in [7, 11) is -4.01. The zero-order valence-corrected chi connectivity index (χ0v) is 31.2. The van der Waals surface area contributed by atoms with E-state index in [1.54, 1.807) is 52.8 Å². The van der Waals surface area contributed by atoms with E-state index in [1.807, 2.05) is 6.08 Å². The maximum atomic E-state index is 14.4. The van der Waals surface area contributed by atoms with Crippen LogP contribution in [0.3, 0.4) is 0 Å². The van der Waals surface area contributed by atoms with Crippen molar-refractivity contribution in [2.45, 2.75) is 122 Å². The van der Waals surface area contributed by atoms with Gasteiger partial charge in [-0.15, -0.1) is 0 Å². The van der Waals surface area contributed by atoms with Gasteiger partial charge in [0.25, 0.3) is 5.91 Å². The maximum Gasteiger partial charge on any atom is 0.410 e. The largest absolute Gasteiger partial charge is 0.444 e. The highest BCUT2D eigenvalue weighted by Gasteiger charge is 2.61. The van der Waals surface area contributed by atoms with Crippen molar-refractivity contribution in [2.75, 3.05) is 12.3 Å². The number of carbonyl (C=O) groups is 5. The van der Waals surface area contributed by atoms with Crippen LogP contribution in [-0.4, -0.2) is 89.8 Å². The lowest BCUT2D eigenvalue weighted by molar-refractivity contribution is -0.141. The second kappa shape index (κ2) is 15.4. The number of hydrogen-bond donors (Lipinski definition) is 3. The number of fused-ring (bicyclic) bond motifs is 3. The van der Waals surface area contributed by atoms with Crippen molar-refractivity contribution in [3.05, 3.63) is 47.3 Å². The van der Waals surface area contributed by atoms with Gasteiger partial charge in [-0.3, -0.25) is 24.0 Å². The molecule has 0 spiro atoms. The minimum atomic E-state index is -4.01. The molecular formula is C36H50FN5O9S. The number of allylic oxidation sites excluding steroid dienone is 1. The normalized spacial score (nSPS) is 26.7. The summed E-state index contributed by atoms with van der Waals surface area (Å²) in [5.41, 5.74) is -1.39. The van der Waals surface area contributed by atoms with Gasteiger partial charge >= 0.3 is 12.2 Å². The summed E-state index contributed by atoms with van der Waals surface area (Å²) < 4.78 is 53.4. The summed E-state index contributed by atoms with van der Waals surface area (Å²) in [5, 5.41) is 5.44. The Kier molecular flexibility index (Phi) is 11.6. The molecule has 1 saturated carbocycles. The highest BCUT2D eigenvalue weighted by molar-refractivity contribution is 7.90. The minimum absolute atomic E-state index is 0.00570. The summed E-state index contributed by atoms with van der Waals surface area (Å²) in [5.74, 6) is -3.68. The zero-order chi connectivity index (χ0) is 38.0. The molecular weight excluding hydrogens is 697 g/mol. The lowest BCUT2D eigenvalue weighted by atomic mass is 10.0. The van der Waals surface area contributed by atoms with E-state index in [0.717, 1.165) is 6.42 Å². The third kappa shape index (κ3) is 9.41. The molecule has 4 aliphatic rings. The molecule has 1 aliphatic carbocycles. The SMILES string of the molecule is CC(C)CS(=O)(=O)NC(=O)[C@@]12C[C@H]1C=CCCCCC[C@H](NC(=O)OC(C)(C)C)C(=O)N1C[C@H](OC(=O)N3Cc4cccc(F)c4C3)C[C@H]1C(=O)N2. The molecule has 5 atom stereocenters. The van der Waals surface area contributed by atoms with E-state index in [9.17, 15) is 36.8 Å². The van der Waals surface area contributed by atoms with Crippen LogP contribution in [0.25, 0.3) is 0 Å². The molecule has 1 aromatic rings. The number of carbonyl (C=O) groups excluding carboxylic acids is 5. The van der Waals surface area contributed by atoms with Crippen LogP contribution < -0.4 is 15.4 Å². The fourth-order valence-electron chi connectivity index (χ4n) is 7.06. The monoisotopic (exact) mass is 747 g/mol. The Labute approximate surface area is 304 Å². The van der Waals surface area contributed by atoms with E-state index in [1.165, 1.54) is 15.9 Å². The number of halogens is 1. The highest BCUT2D eigenvalue weighted by atomic mass is 32.2. The molecule has 1 aromatic carbocycles. The first kappa shape index (κ1) is 39.0. The first-order valence-electron chi connectivity index (χ1n) is 17.9. The lowest BCUT2D eigenvalue weighted by Gasteiger charge is -2.30. The zero-order valence-electron chi connectivity index (χ0n) is 30.4. The lowest BCUT2D eigenvalue weighted by Crippen LogP contribution is -2.58. The van der Waals surface area contributed by atoms with Crippen molar-refractivity contribution >= 4 is 39.9 Å². The fraction of sp³-hybridized carbons (Fsp3) is 0.639. The molecule has 286 valence electrons. The molecule has 5 amide bonds. The van der Waals surface area contributed by atoms with Gasteiger partial charge < -0.3 is 25.0 Å². The van der Waals surface area contributed by atoms with E-state index in [2.05, 4.69) is 15.4 Å². The topological polar surface area (TPSA) is 181 Å². The van der Waals surface area contributed by atoms with Crippen LogP contribution in [0, 0.1) is 17.7 Å². The van der Waals surface area contributed by atoms with E-state index in [4.69, 9.17) is 9.47 Å². The molecule has 0 unspecified atom stereocenters. The molecule has 0 radical (unpaired) electrons. The number of nitrogens with zero attached hydrogens (tertiary/aromatic N) is 2. The van der Waals surface area contributed by atoms with E-state index in [0.29, 0.717) is 30.4 Å². The van der Waals surface area contributed by atoms with Gasteiger partial charge in [0.05, 0.1) is 18.8 Å². The number of benzene rings is 1. The van der Waals surface area contributed by atoms with Crippen molar-refractivity contribution in [3.8, 4) is 0 Å². The molecule has 0 bridgehead atoms. The Morgan fingerprint density at radius 1 is 1.12 bits per heavy atom. The van der Waals surface area contributed by atoms with Gasteiger partial charge in [-0.05, 0) is 64.0 Å². The minimum Gasteiger partial charge on any atom is -0.444 e. The molecule has 1 saturated heterocycles. The van der Waals surface area contributed by atoms with Gasteiger partial charge in [-0.2, -0.15) is 0 Å². The molecule has 52 heavy (non-hydrogen) atoms. The highest BCUT2D eigenvalue weighted by Crippen LogP contribution is 2.46. The first-order chi connectivity index (χ1) is 24.4. The first-order valence-corrected chi connectivity index (χ1v) is 19.6. The van der Waals surface area contributed by atoms with Crippen LogP contribution in [0.5, 0.6) is 0 Å². The Balaban J connectivity index is 1.41. The average molecular weight is 748 g/mol. The number of rotatable bonds is 6. The van der Waals surface area contributed by atoms with Crippen LogP contribution in [0.15, 0.2) is 30.4 Å². The van der Waals surface area contributed by atoms with E-state index >= 15 is 0 Å². The van der Waals surface area contributed by atoms with E-state index in [-0.39, 0.29) is 50.6 Å². The Morgan fingerprint density at radius 3 is 2.56 bits per heavy atom. The summed E-state index contributed by atoms with van der Waals surface area (Å²) in [6.07, 6.45) is 4.12. The van der Waals surface area contributed by atoms with E-state index < -0.39 is 81.0 Å². The van der Waals surface area contributed by atoms with Crippen LogP contribution in [0.2, 0.25) is 0 Å². The van der Waals surface area contributed by atoms with Gasteiger partial charge in [-0.1, -0.05) is 51.0 Å². The number of hydrogen-bond acceptors (Lipinski definition) is 9. The van der Waals surface area contributed by atoms with Crippen LogP contribution in [0.1, 0.15) is 90.7 Å². The fourth-order valence-corrected chi connectivity index (χ4v) is 8.48. The molecule has 3 N–H and O–H groups in total. The van der Waals surface area contributed by atoms with Gasteiger partial charge in [0, 0.05) is 24.4 Å². The van der Waals surface area contributed by atoms with Gasteiger partial charge in [0.1, 0.15) is 35.1 Å². The van der Waals surface area contributed by atoms with Crippen molar-refractivity contribution in [1.82, 2.24) is 25.2 Å². The van der Waals surface area contributed by atoms with Gasteiger partial charge in [0.15, 0.2) is 0 Å². The second-order valence-electron chi connectivity index (χ2n) is 15.6. The van der Waals surface area contributed by atoms with Crippen molar-refractivity contribution in [2.24, 2.45) is 11.8 Å². The molecule has 16 heteroatoms. The standard InChI is InChI=1S/C36H50FN5O9S/c1-22(2)21-52(48,49)40-32(45)36-17-24(36)13-9-7-6-8-10-15-28(38-33(46)51-35(3,4)5)31(44)42-19-25(16-29(42)30(43)39-36)50-34(47)41-18-23-12-11-14-27(37)26(23)20-41/h9,11-14,22,24-25,28-29H,6-8,10,15-21H2,1-5H3,(H,38,46)(H,39,43)(H,40,45)/t24-,25-,28+,29+,36-/m1/s1. The predicted molar refractivity (Wildman–Crippen MR) is 187 cm³/mol. The third-order valence-electron chi connectivity index (χ3n) is 9.59. The van der Waals surface area contributed by atoms with Crippen molar-refractivity contribution in [1.29, 1.82) is 0 Å². The Morgan fingerprint density at radius 2 is 1.87 bits per heavy atom. The van der Waals surface area contributed by atoms with Crippen molar-refractivity contribution in [3.63, 3.8) is 0 Å². The van der Waals surface area contributed by atoms with Gasteiger partial charge in [0.2, 0.25) is 21.8 Å². The number of amides is 5. The molecule has 3 heterocycles. The second-order valence-corrected chi connectivity index (χ2v) is 17.4. The number of sulfonamides is 1. The molecule has 5 rings (SSSR count). The molecule has 14 nitrogen and oxygen atoms in total. The van der Waals surface area contributed by atoms with Crippen LogP contribution >= 0.6 is 0 Å². The Hall–Kier alpha value is -4.21.